The molecule has 2 N–H and O–H groups in total. The van der Waals surface area contributed by atoms with Crippen molar-refractivity contribution in [3.63, 3.8) is 0 Å². The fourth-order valence-electron chi connectivity index (χ4n) is 2.01. The first kappa shape index (κ1) is 12.2. The van der Waals surface area contributed by atoms with E-state index in [1.54, 1.807) is 6.07 Å². The molecule has 1 saturated heterocycles. The van der Waals surface area contributed by atoms with Gasteiger partial charge in [0.2, 0.25) is 0 Å². The van der Waals surface area contributed by atoms with Crippen LogP contribution in [0.2, 0.25) is 0 Å². The molecule has 0 aromatic carbocycles. The summed E-state index contributed by atoms with van der Waals surface area (Å²) in [6.07, 6.45) is 1.40. The molecule has 2 aromatic heterocycles. The summed E-state index contributed by atoms with van der Waals surface area (Å²) in [6, 6.07) is 2.53. The number of furan rings is 1. The van der Waals surface area contributed by atoms with Gasteiger partial charge in [0.15, 0.2) is 11.6 Å². The van der Waals surface area contributed by atoms with Gasteiger partial charge in [0.05, 0.1) is 18.5 Å². The van der Waals surface area contributed by atoms with E-state index in [4.69, 9.17) is 4.42 Å². The number of ether oxygens (including phenoxy) is 1. The van der Waals surface area contributed by atoms with Crippen LogP contribution in [0.25, 0.3) is 11.1 Å². The first-order valence-electron chi connectivity index (χ1n) is 5.82. The highest BCUT2D eigenvalue weighted by Crippen LogP contribution is 2.26. The van der Waals surface area contributed by atoms with Crippen molar-refractivity contribution in [2.24, 2.45) is 0 Å². The van der Waals surface area contributed by atoms with Gasteiger partial charge < -0.3 is 19.8 Å². The maximum Gasteiger partial charge on any atom is 0.339 e. The number of hydrogen-bond donors (Lipinski definition) is 2. The molecular formula is C13H11N3O4. The Hall–Kier alpha value is -2.83. The van der Waals surface area contributed by atoms with Crippen LogP contribution in [-0.4, -0.2) is 24.0 Å². The van der Waals surface area contributed by atoms with E-state index in [1.807, 2.05) is 0 Å². The molecule has 0 saturated carbocycles. The zero-order chi connectivity index (χ0) is 14.3. The van der Waals surface area contributed by atoms with Gasteiger partial charge in [-0.1, -0.05) is 6.58 Å². The predicted octanol–water partition coefficient (Wildman–Crippen LogP) is 0.846. The zero-order valence-electron chi connectivity index (χ0n) is 10.6. The summed E-state index contributed by atoms with van der Waals surface area (Å²) in [7, 11) is 1.29. The number of amides is 1. The zero-order valence-corrected chi connectivity index (χ0v) is 10.6. The first-order valence-corrected chi connectivity index (χ1v) is 5.82. The van der Waals surface area contributed by atoms with Gasteiger partial charge in [0, 0.05) is 12.3 Å². The van der Waals surface area contributed by atoms with E-state index in [0.29, 0.717) is 22.7 Å². The SMILES string of the molecule is C=C1NC(=O)[C@H](c2cc3ncc(C(=O)OC)cc3o2)N1. The smallest absolute Gasteiger partial charge is 0.339 e. The minimum Gasteiger partial charge on any atom is -0.465 e. The van der Waals surface area contributed by atoms with Gasteiger partial charge in [-0.15, -0.1) is 0 Å². The van der Waals surface area contributed by atoms with Gasteiger partial charge >= 0.3 is 5.97 Å². The molecule has 0 aliphatic carbocycles. The Bertz CT molecular complexity index is 734. The van der Waals surface area contributed by atoms with Crippen molar-refractivity contribution in [2.75, 3.05) is 7.11 Å². The van der Waals surface area contributed by atoms with E-state index in [9.17, 15) is 9.59 Å². The molecule has 0 spiro atoms. The molecule has 3 rings (SSSR count). The Kier molecular flexibility index (Phi) is 2.67. The van der Waals surface area contributed by atoms with Crippen LogP contribution in [-0.2, 0) is 9.53 Å². The molecule has 0 radical (unpaired) electrons. The second-order valence-corrected chi connectivity index (χ2v) is 4.29. The topological polar surface area (TPSA) is 93.5 Å². The molecule has 1 aliphatic rings. The standard InChI is InChI=1S/C13H11N3O4/c1-6-15-11(12(17)16-6)10-4-8-9(20-10)3-7(5-14-8)13(18)19-2/h3-5,11,15H,1H2,2H3,(H,16,17)/t11-/m0/s1. The second-order valence-electron chi connectivity index (χ2n) is 4.29. The molecule has 2 aromatic rings. The van der Waals surface area contributed by atoms with Crippen molar-refractivity contribution in [2.45, 2.75) is 6.04 Å². The molecule has 0 bridgehead atoms. The minimum absolute atomic E-state index is 0.248. The number of hydrogen-bond acceptors (Lipinski definition) is 6. The number of pyridine rings is 1. The monoisotopic (exact) mass is 273 g/mol. The molecule has 1 amide bonds. The first-order chi connectivity index (χ1) is 9.58. The molecule has 1 fully saturated rings. The fourth-order valence-corrected chi connectivity index (χ4v) is 2.01. The quantitative estimate of drug-likeness (QED) is 0.788. The molecular weight excluding hydrogens is 262 g/mol. The van der Waals surface area contributed by atoms with E-state index < -0.39 is 12.0 Å². The number of esters is 1. The molecule has 1 atom stereocenters. The summed E-state index contributed by atoms with van der Waals surface area (Å²) in [6.45, 7) is 3.62. The summed E-state index contributed by atoms with van der Waals surface area (Å²) in [5.74, 6) is 0.0824. The number of carbonyl (C=O) groups is 2. The maximum atomic E-state index is 11.7. The van der Waals surface area contributed by atoms with Crippen LogP contribution in [0.15, 0.2) is 35.1 Å². The van der Waals surface area contributed by atoms with Crippen molar-refractivity contribution in [1.82, 2.24) is 15.6 Å². The van der Waals surface area contributed by atoms with Gasteiger partial charge in [-0.2, -0.15) is 0 Å². The molecule has 3 heterocycles. The van der Waals surface area contributed by atoms with Crippen molar-refractivity contribution in [1.29, 1.82) is 0 Å². The van der Waals surface area contributed by atoms with Crippen LogP contribution in [0, 0.1) is 0 Å². The number of nitrogens with one attached hydrogen (secondary N) is 2. The Morgan fingerprint density at radius 2 is 2.30 bits per heavy atom. The van der Waals surface area contributed by atoms with Gasteiger partial charge in [-0.3, -0.25) is 9.78 Å². The summed E-state index contributed by atoms with van der Waals surface area (Å²) in [5, 5.41) is 5.41. The minimum atomic E-state index is -0.640. The van der Waals surface area contributed by atoms with Gasteiger partial charge in [-0.05, 0) is 6.07 Å². The number of rotatable bonds is 2. The third-order valence-electron chi connectivity index (χ3n) is 2.95. The van der Waals surface area contributed by atoms with Crippen LogP contribution in [0.5, 0.6) is 0 Å². The van der Waals surface area contributed by atoms with Crippen molar-refractivity contribution < 1.29 is 18.7 Å². The largest absolute Gasteiger partial charge is 0.465 e. The summed E-state index contributed by atoms with van der Waals surface area (Å²) < 4.78 is 10.2. The molecule has 7 heteroatoms. The van der Waals surface area contributed by atoms with Gasteiger partial charge in [-0.25, -0.2) is 4.79 Å². The number of aromatic nitrogens is 1. The Balaban J connectivity index is 2.00. The normalized spacial score (nSPS) is 17.9. The summed E-state index contributed by atoms with van der Waals surface area (Å²) >= 11 is 0. The average molecular weight is 273 g/mol. The van der Waals surface area contributed by atoms with Crippen LogP contribution in [0.4, 0.5) is 0 Å². The lowest BCUT2D eigenvalue weighted by molar-refractivity contribution is -0.120. The summed E-state index contributed by atoms with van der Waals surface area (Å²) in [4.78, 5) is 27.2. The third-order valence-corrected chi connectivity index (χ3v) is 2.95. The number of fused-ring (bicyclic) bond motifs is 1. The highest BCUT2D eigenvalue weighted by atomic mass is 16.5. The van der Waals surface area contributed by atoms with E-state index in [0.717, 1.165) is 0 Å². The van der Waals surface area contributed by atoms with Crippen molar-refractivity contribution >= 4 is 23.0 Å². The highest BCUT2D eigenvalue weighted by molar-refractivity contribution is 5.93. The van der Waals surface area contributed by atoms with E-state index >= 15 is 0 Å². The Morgan fingerprint density at radius 1 is 1.50 bits per heavy atom. The number of carbonyl (C=O) groups excluding carboxylic acids is 2. The second kappa shape index (κ2) is 4.37. The lowest BCUT2D eigenvalue weighted by Crippen LogP contribution is -2.18. The van der Waals surface area contributed by atoms with Crippen LogP contribution in [0.1, 0.15) is 22.2 Å². The van der Waals surface area contributed by atoms with Crippen molar-refractivity contribution in [3.8, 4) is 0 Å². The lowest BCUT2D eigenvalue weighted by atomic mass is 10.2. The highest BCUT2D eigenvalue weighted by Gasteiger charge is 2.30. The van der Waals surface area contributed by atoms with Crippen molar-refractivity contribution in [3.05, 3.63) is 42.1 Å². The van der Waals surface area contributed by atoms with Gasteiger partial charge in [0.25, 0.3) is 5.91 Å². The number of methoxy groups -OCH3 is 1. The Morgan fingerprint density at radius 3 is 2.95 bits per heavy atom. The average Bonchev–Trinajstić information content (AvgIpc) is 2.99. The van der Waals surface area contributed by atoms with Crippen LogP contribution in [0.3, 0.4) is 0 Å². The lowest BCUT2D eigenvalue weighted by Gasteiger charge is -2.02. The van der Waals surface area contributed by atoms with Crippen LogP contribution < -0.4 is 10.6 Å². The van der Waals surface area contributed by atoms with E-state index in [1.165, 1.54) is 19.4 Å². The van der Waals surface area contributed by atoms with E-state index in [-0.39, 0.29) is 11.5 Å². The number of nitrogens with zero attached hydrogens (tertiary/aromatic N) is 1. The van der Waals surface area contributed by atoms with Crippen LogP contribution >= 0.6 is 0 Å². The predicted molar refractivity (Wildman–Crippen MR) is 68.5 cm³/mol. The molecule has 20 heavy (non-hydrogen) atoms. The molecule has 0 unspecified atom stereocenters. The molecule has 102 valence electrons. The Labute approximate surface area is 113 Å². The third kappa shape index (κ3) is 1.89. The molecule has 1 aliphatic heterocycles. The fraction of sp³-hybridized carbons (Fsp3) is 0.154. The maximum absolute atomic E-state index is 11.7. The summed E-state index contributed by atoms with van der Waals surface area (Å²) in [5.41, 5.74) is 1.25. The molecule has 7 nitrogen and oxygen atoms in total. The van der Waals surface area contributed by atoms with E-state index in [2.05, 4.69) is 26.9 Å². The van der Waals surface area contributed by atoms with Gasteiger partial charge in [0.1, 0.15) is 11.3 Å².